The number of hydrogen-bond donors (Lipinski definition) is 1. The van der Waals surface area contributed by atoms with Crippen LogP contribution < -0.4 is 20.9 Å². The van der Waals surface area contributed by atoms with E-state index >= 15 is 0 Å². The first-order valence-electron chi connectivity index (χ1n) is 9.13. The normalized spacial score (nSPS) is 18.3. The molecular formula is C19H19BrN5O3P. The highest BCUT2D eigenvalue weighted by atomic mass is 79.9. The second-order valence-electron chi connectivity index (χ2n) is 7.16. The first-order chi connectivity index (χ1) is 13.9. The van der Waals surface area contributed by atoms with Crippen LogP contribution in [0.15, 0.2) is 39.9 Å². The smallest absolute Gasteiger partial charge is 0.275 e. The van der Waals surface area contributed by atoms with Crippen molar-refractivity contribution in [1.82, 2.24) is 19.7 Å². The van der Waals surface area contributed by atoms with Gasteiger partial charge in [0.25, 0.3) is 5.56 Å². The minimum Gasteiger partial charge on any atom is -0.473 e. The van der Waals surface area contributed by atoms with Crippen LogP contribution in [0.4, 0.5) is 5.95 Å². The number of carbonyl (C=O) groups is 1. The van der Waals surface area contributed by atoms with Gasteiger partial charge in [0.1, 0.15) is 12.6 Å². The van der Waals surface area contributed by atoms with Gasteiger partial charge in [0.05, 0.1) is 10.8 Å². The van der Waals surface area contributed by atoms with Crippen molar-refractivity contribution in [3.63, 3.8) is 0 Å². The molecule has 150 valence electrons. The van der Waals surface area contributed by atoms with E-state index in [4.69, 9.17) is 4.74 Å². The number of hydrogen-bond acceptors (Lipinski definition) is 6. The van der Waals surface area contributed by atoms with Gasteiger partial charge in [0, 0.05) is 22.2 Å². The molecule has 0 saturated heterocycles. The Labute approximate surface area is 177 Å². The first kappa shape index (κ1) is 19.9. The summed E-state index contributed by atoms with van der Waals surface area (Å²) in [7, 11) is 2.47. The van der Waals surface area contributed by atoms with Crippen LogP contribution in [0.5, 0.6) is 5.88 Å². The van der Waals surface area contributed by atoms with Crippen molar-refractivity contribution in [2.75, 3.05) is 5.32 Å². The van der Waals surface area contributed by atoms with Gasteiger partial charge in [-0.3, -0.25) is 14.9 Å². The number of ether oxygens (including phenoxy) is 1. The third kappa shape index (κ3) is 4.46. The van der Waals surface area contributed by atoms with Crippen LogP contribution in [0, 0.1) is 5.92 Å². The third-order valence-electron chi connectivity index (χ3n) is 4.71. The number of benzene rings is 1. The largest absolute Gasteiger partial charge is 0.473 e. The van der Waals surface area contributed by atoms with E-state index in [1.807, 2.05) is 6.07 Å². The van der Waals surface area contributed by atoms with Gasteiger partial charge >= 0.3 is 0 Å². The summed E-state index contributed by atoms with van der Waals surface area (Å²) >= 11 is 3.43. The molecule has 0 bridgehead atoms. The maximum Gasteiger partial charge on any atom is 0.275 e. The Morgan fingerprint density at radius 2 is 2.03 bits per heavy atom. The number of carbonyl (C=O) groups excluding carboxylic acids is 1. The average molecular weight is 476 g/mol. The fourth-order valence-electron chi connectivity index (χ4n) is 3.21. The van der Waals surface area contributed by atoms with Gasteiger partial charge in [0.2, 0.25) is 17.7 Å². The lowest BCUT2D eigenvalue weighted by atomic mass is 9.84. The lowest BCUT2D eigenvalue weighted by Gasteiger charge is -2.32. The fraction of sp³-hybridized carbons (Fsp3) is 0.316. The number of nitrogens with zero attached hydrogens (tertiary/aromatic N) is 4. The van der Waals surface area contributed by atoms with Crippen molar-refractivity contribution in [2.45, 2.75) is 32.4 Å². The van der Waals surface area contributed by atoms with Crippen LogP contribution in [0.3, 0.4) is 0 Å². The van der Waals surface area contributed by atoms with E-state index in [0.29, 0.717) is 22.6 Å². The molecule has 29 heavy (non-hydrogen) atoms. The minimum absolute atomic E-state index is 0.0679. The Balaban J connectivity index is 1.63. The number of fused-ring (bicyclic) bond motifs is 1. The number of nitrogens with one attached hydrogen (secondary N) is 1. The number of aromatic nitrogens is 4. The van der Waals surface area contributed by atoms with E-state index in [-0.39, 0.29) is 24.2 Å². The molecule has 1 aliphatic carbocycles. The van der Waals surface area contributed by atoms with Crippen molar-refractivity contribution in [3.05, 3.63) is 45.4 Å². The summed E-state index contributed by atoms with van der Waals surface area (Å²) in [6, 6.07) is 5.29. The molecule has 1 atom stereocenters. The number of amides is 1. The summed E-state index contributed by atoms with van der Waals surface area (Å²) in [6.07, 6.45) is 5.09. The first-order valence-corrected chi connectivity index (χ1v) is 10.5. The van der Waals surface area contributed by atoms with Crippen LogP contribution in [-0.4, -0.2) is 31.8 Å². The van der Waals surface area contributed by atoms with Gasteiger partial charge in [-0.2, -0.15) is 0 Å². The predicted molar refractivity (Wildman–Crippen MR) is 117 cm³/mol. The van der Waals surface area contributed by atoms with Crippen molar-refractivity contribution in [1.29, 1.82) is 0 Å². The van der Waals surface area contributed by atoms with Crippen molar-refractivity contribution >= 4 is 53.1 Å². The Morgan fingerprint density at radius 3 is 2.72 bits per heavy atom. The molecule has 1 saturated carbocycles. The van der Waals surface area contributed by atoms with Gasteiger partial charge < -0.3 is 4.74 Å². The van der Waals surface area contributed by atoms with Gasteiger partial charge in [-0.15, -0.1) is 14.3 Å². The quantitative estimate of drug-likeness (QED) is 0.568. The van der Waals surface area contributed by atoms with E-state index in [1.165, 1.54) is 0 Å². The van der Waals surface area contributed by atoms with Crippen molar-refractivity contribution < 1.29 is 9.53 Å². The van der Waals surface area contributed by atoms with Crippen LogP contribution >= 0.6 is 25.2 Å². The summed E-state index contributed by atoms with van der Waals surface area (Å²) in [4.78, 5) is 33.3. The molecule has 0 radical (unpaired) electrons. The molecule has 10 heteroatoms. The molecule has 2 heterocycles. The maximum absolute atomic E-state index is 12.9. The molecule has 0 spiro atoms. The highest BCUT2D eigenvalue weighted by molar-refractivity contribution is 9.10. The highest BCUT2D eigenvalue weighted by Crippen LogP contribution is 2.32. The Bertz CT molecular complexity index is 1130. The van der Waals surface area contributed by atoms with Crippen molar-refractivity contribution in [3.8, 4) is 5.88 Å². The van der Waals surface area contributed by atoms with Gasteiger partial charge in [-0.1, -0.05) is 22.9 Å². The molecule has 2 aromatic heterocycles. The summed E-state index contributed by atoms with van der Waals surface area (Å²) in [5.74, 6) is 0.687. The topological polar surface area (TPSA) is 99.0 Å². The predicted octanol–water partition coefficient (Wildman–Crippen LogP) is 2.27. The van der Waals surface area contributed by atoms with E-state index in [1.54, 1.807) is 24.5 Å². The van der Waals surface area contributed by atoms with Crippen LogP contribution in [0.1, 0.15) is 19.8 Å². The molecule has 1 N–H and O–H groups in total. The fourth-order valence-corrected chi connectivity index (χ4v) is 3.72. The molecule has 3 aromatic rings. The maximum atomic E-state index is 12.9. The van der Waals surface area contributed by atoms with E-state index < -0.39 is 5.91 Å². The van der Waals surface area contributed by atoms with Crippen LogP contribution in [0.25, 0.3) is 10.8 Å². The number of rotatable bonds is 5. The summed E-state index contributed by atoms with van der Waals surface area (Å²) in [5, 5.41) is 8.78. The minimum atomic E-state index is -0.448. The number of halogens is 1. The third-order valence-corrected chi connectivity index (χ3v) is 5.51. The molecule has 1 unspecified atom stereocenters. The summed E-state index contributed by atoms with van der Waals surface area (Å²) in [5.41, 5.74) is -0.363. The number of anilines is 1. The Morgan fingerprint density at radius 1 is 1.31 bits per heavy atom. The zero-order valence-electron chi connectivity index (χ0n) is 15.6. The van der Waals surface area contributed by atoms with E-state index in [0.717, 1.165) is 27.3 Å². The molecule has 4 rings (SSSR count). The lowest BCUT2D eigenvalue weighted by Crippen LogP contribution is -2.34. The van der Waals surface area contributed by atoms with Crippen LogP contribution in [0.2, 0.25) is 0 Å². The second kappa shape index (κ2) is 8.16. The van der Waals surface area contributed by atoms with Crippen LogP contribution in [-0.2, 0) is 11.3 Å². The molecule has 1 aliphatic rings. The van der Waals surface area contributed by atoms with Gasteiger partial charge in [0.15, 0.2) is 0 Å². The van der Waals surface area contributed by atoms with E-state index in [9.17, 15) is 9.59 Å². The summed E-state index contributed by atoms with van der Waals surface area (Å²) in [6.45, 7) is 1.90. The highest BCUT2D eigenvalue weighted by Gasteiger charge is 2.28. The Kier molecular flexibility index (Phi) is 5.61. The molecule has 0 aliphatic heterocycles. The molecule has 1 fully saturated rings. The van der Waals surface area contributed by atoms with E-state index in [2.05, 4.69) is 52.5 Å². The standard InChI is InChI=1S/C19H19BrN5O3P/c1-10-4-12(5-10)28-17-15-6-11(20)2-3-14(15)18(27)25(24-17)9-16(26)23-19-21-7-13(29)8-22-19/h2-3,6-8,10,12H,4-5,9,29H2,1H3,(H,21,22,23,26). The monoisotopic (exact) mass is 475 g/mol. The zero-order valence-corrected chi connectivity index (χ0v) is 18.4. The molecule has 8 nitrogen and oxygen atoms in total. The lowest BCUT2D eigenvalue weighted by molar-refractivity contribution is -0.117. The summed E-state index contributed by atoms with van der Waals surface area (Å²) < 4.78 is 7.99. The van der Waals surface area contributed by atoms with Gasteiger partial charge in [-0.05, 0) is 37.0 Å². The SMILES string of the molecule is CC1CC(Oc2nn(CC(=O)Nc3ncc(P)cn3)c(=O)c3ccc(Br)cc23)C1. The Hall–Kier alpha value is -2.38. The molecule has 1 aromatic carbocycles. The molecule has 1 amide bonds. The molecular weight excluding hydrogens is 457 g/mol. The average Bonchev–Trinajstić information content (AvgIpc) is 2.66. The van der Waals surface area contributed by atoms with Crippen molar-refractivity contribution in [2.24, 2.45) is 5.92 Å². The second-order valence-corrected chi connectivity index (χ2v) is 8.74. The van der Waals surface area contributed by atoms with Gasteiger partial charge in [-0.25, -0.2) is 14.6 Å². The zero-order chi connectivity index (χ0) is 20.5.